The highest BCUT2D eigenvalue weighted by atomic mass is 35.5. The van der Waals surface area contributed by atoms with E-state index in [-0.39, 0.29) is 31.0 Å². The third-order valence-electron chi connectivity index (χ3n) is 2.10. The summed E-state index contributed by atoms with van der Waals surface area (Å²) in [7, 11) is 0. The van der Waals surface area contributed by atoms with Crippen molar-refractivity contribution in [3.05, 3.63) is 23.8 Å². The van der Waals surface area contributed by atoms with Gasteiger partial charge in [-0.1, -0.05) is 12.1 Å². The van der Waals surface area contributed by atoms with Crippen LogP contribution < -0.4 is 10.5 Å². The number of para-hydroxylation sites is 1. The van der Waals surface area contributed by atoms with E-state index in [2.05, 4.69) is 4.74 Å². The van der Waals surface area contributed by atoms with Crippen LogP contribution in [-0.2, 0) is 0 Å². The Hall–Kier alpha value is -1.18. The van der Waals surface area contributed by atoms with Crippen LogP contribution in [0.15, 0.2) is 18.2 Å². The van der Waals surface area contributed by atoms with Crippen LogP contribution in [0.2, 0.25) is 0 Å². The number of aliphatic hydroxyl groups is 1. The molecule has 1 rings (SSSR count). The van der Waals surface area contributed by atoms with Crippen molar-refractivity contribution in [3.8, 4) is 11.5 Å². The van der Waals surface area contributed by atoms with E-state index >= 15 is 0 Å². The summed E-state index contributed by atoms with van der Waals surface area (Å²) < 4.78 is 39.6. The fraction of sp³-hybridized carbons (Fsp3) is 0.400. The van der Waals surface area contributed by atoms with Crippen LogP contribution in [0.25, 0.3) is 0 Å². The third kappa shape index (κ3) is 4.59. The minimum absolute atomic E-state index is 0. The first-order valence-corrected chi connectivity index (χ1v) is 4.79. The second-order valence-electron chi connectivity index (χ2n) is 3.36. The molecule has 0 radical (unpaired) electrons. The molecular formula is C10H13ClF3NO3. The van der Waals surface area contributed by atoms with Crippen molar-refractivity contribution in [2.45, 2.75) is 18.8 Å². The Bertz CT molecular complexity index is 387. The molecule has 104 valence electrons. The van der Waals surface area contributed by atoms with Crippen molar-refractivity contribution in [3.63, 3.8) is 0 Å². The van der Waals surface area contributed by atoms with Gasteiger partial charge in [0.05, 0.1) is 0 Å². The lowest BCUT2D eigenvalue weighted by Crippen LogP contribution is -2.18. The number of hydrogen-bond acceptors (Lipinski definition) is 4. The summed E-state index contributed by atoms with van der Waals surface area (Å²) in [4.78, 5) is 0. The van der Waals surface area contributed by atoms with Gasteiger partial charge >= 0.3 is 6.36 Å². The summed E-state index contributed by atoms with van der Waals surface area (Å²) in [6.07, 6.45) is -4.75. The van der Waals surface area contributed by atoms with Crippen LogP contribution in [0, 0.1) is 0 Å². The van der Waals surface area contributed by atoms with Gasteiger partial charge in [0.2, 0.25) is 0 Å². The quantitative estimate of drug-likeness (QED) is 0.793. The molecule has 0 aliphatic heterocycles. The zero-order valence-electron chi connectivity index (χ0n) is 9.15. The van der Waals surface area contributed by atoms with E-state index in [0.29, 0.717) is 0 Å². The maximum absolute atomic E-state index is 12.0. The van der Waals surface area contributed by atoms with E-state index in [9.17, 15) is 18.3 Å². The summed E-state index contributed by atoms with van der Waals surface area (Å²) in [5.41, 5.74) is 5.68. The molecule has 0 saturated carbocycles. The Kier molecular flexibility index (Phi) is 6.23. The highest BCUT2D eigenvalue weighted by Crippen LogP contribution is 2.36. The number of aromatic hydroxyl groups is 1. The topological polar surface area (TPSA) is 75.7 Å². The van der Waals surface area contributed by atoms with Gasteiger partial charge in [-0.25, -0.2) is 0 Å². The number of hydrogen-bond donors (Lipinski definition) is 3. The summed E-state index contributed by atoms with van der Waals surface area (Å²) >= 11 is 0. The highest BCUT2D eigenvalue weighted by Gasteiger charge is 2.32. The fourth-order valence-corrected chi connectivity index (χ4v) is 1.34. The largest absolute Gasteiger partial charge is 0.573 e. The first kappa shape index (κ1) is 16.8. The molecule has 0 spiro atoms. The number of alkyl halides is 3. The summed E-state index contributed by atoms with van der Waals surface area (Å²) in [5, 5.41) is 18.2. The van der Waals surface area contributed by atoms with Gasteiger partial charge in [0.25, 0.3) is 0 Å². The molecule has 1 aromatic rings. The molecule has 1 unspecified atom stereocenters. The predicted octanol–water partition coefficient (Wildman–Crippen LogP) is 2.09. The van der Waals surface area contributed by atoms with Crippen LogP contribution in [0.3, 0.4) is 0 Å². The van der Waals surface area contributed by atoms with Crippen molar-refractivity contribution in [2.75, 3.05) is 6.61 Å². The molecule has 0 saturated heterocycles. The molecule has 0 aromatic heterocycles. The smallest absolute Gasteiger partial charge is 0.504 e. The van der Waals surface area contributed by atoms with Crippen molar-refractivity contribution in [1.82, 2.24) is 0 Å². The number of phenolic OH excluding ortho intramolecular Hbond substituents is 1. The maximum atomic E-state index is 12.0. The molecule has 0 aliphatic rings. The zero-order chi connectivity index (χ0) is 13.1. The van der Waals surface area contributed by atoms with Gasteiger partial charge in [-0.2, -0.15) is 0 Å². The second-order valence-corrected chi connectivity index (χ2v) is 3.36. The van der Waals surface area contributed by atoms with E-state index in [4.69, 9.17) is 10.8 Å². The van der Waals surface area contributed by atoms with Crippen molar-refractivity contribution in [2.24, 2.45) is 5.73 Å². The van der Waals surface area contributed by atoms with Gasteiger partial charge < -0.3 is 20.7 Å². The first-order valence-electron chi connectivity index (χ1n) is 4.79. The molecule has 0 heterocycles. The molecule has 0 bridgehead atoms. The Morgan fingerprint density at radius 1 is 1.33 bits per heavy atom. The third-order valence-corrected chi connectivity index (χ3v) is 2.10. The maximum Gasteiger partial charge on any atom is 0.573 e. The summed E-state index contributed by atoms with van der Waals surface area (Å²) in [6.45, 7) is -0.231. The molecule has 1 atom stereocenters. The SMILES string of the molecule is Cl.NC(CCO)c1cccc(OC(F)(F)F)c1O. The average molecular weight is 288 g/mol. The lowest BCUT2D eigenvalue weighted by molar-refractivity contribution is -0.275. The van der Waals surface area contributed by atoms with E-state index in [1.54, 1.807) is 0 Å². The number of rotatable bonds is 4. The molecule has 0 aliphatic carbocycles. The average Bonchev–Trinajstić information content (AvgIpc) is 2.19. The molecule has 4 nitrogen and oxygen atoms in total. The Labute approximate surface area is 108 Å². The minimum atomic E-state index is -4.88. The van der Waals surface area contributed by atoms with Crippen LogP contribution in [0.1, 0.15) is 18.0 Å². The van der Waals surface area contributed by atoms with Crippen LogP contribution in [0.5, 0.6) is 11.5 Å². The fourth-order valence-electron chi connectivity index (χ4n) is 1.34. The van der Waals surface area contributed by atoms with Crippen molar-refractivity contribution < 1.29 is 28.1 Å². The lowest BCUT2D eigenvalue weighted by atomic mass is 10.0. The second kappa shape index (κ2) is 6.67. The highest BCUT2D eigenvalue weighted by molar-refractivity contribution is 5.85. The number of ether oxygens (including phenoxy) is 1. The van der Waals surface area contributed by atoms with Crippen LogP contribution >= 0.6 is 12.4 Å². The normalized spacial score (nSPS) is 12.7. The Morgan fingerprint density at radius 2 is 1.94 bits per heavy atom. The summed E-state index contributed by atoms with van der Waals surface area (Å²) in [6, 6.07) is 2.89. The standard InChI is InChI=1S/C10H12F3NO3.ClH/c11-10(12,13)17-8-3-1-2-6(9(8)16)7(14)4-5-15;/h1-3,7,15-16H,4-5,14H2;1H. The van der Waals surface area contributed by atoms with E-state index in [1.807, 2.05) is 0 Å². The van der Waals surface area contributed by atoms with Gasteiger partial charge in [0.15, 0.2) is 11.5 Å². The minimum Gasteiger partial charge on any atom is -0.504 e. The van der Waals surface area contributed by atoms with E-state index in [0.717, 1.165) is 6.07 Å². The van der Waals surface area contributed by atoms with Crippen molar-refractivity contribution in [1.29, 1.82) is 0 Å². The Morgan fingerprint density at radius 3 is 2.44 bits per heavy atom. The molecule has 0 amide bonds. The van der Waals surface area contributed by atoms with Crippen LogP contribution in [-0.4, -0.2) is 23.2 Å². The monoisotopic (exact) mass is 287 g/mol. The van der Waals surface area contributed by atoms with E-state index < -0.39 is 23.9 Å². The predicted molar refractivity (Wildman–Crippen MR) is 60.7 cm³/mol. The number of aliphatic hydroxyl groups excluding tert-OH is 1. The lowest BCUT2D eigenvalue weighted by Gasteiger charge is -2.16. The van der Waals surface area contributed by atoms with Gasteiger partial charge in [-0.15, -0.1) is 25.6 Å². The Balaban J connectivity index is 0.00000289. The molecule has 0 fully saturated rings. The molecule has 4 N–H and O–H groups in total. The number of benzene rings is 1. The molecule has 8 heteroatoms. The first-order chi connectivity index (χ1) is 7.85. The van der Waals surface area contributed by atoms with E-state index in [1.165, 1.54) is 12.1 Å². The number of halogens is 4. The zero-order valence-corrected chi connectivity index (χ0v) is 9.96. The van der Waals surface area contributed by atoms with Crippen molar-refractivity contribution >= 4 is 12.4 Å². The summed E-state index contributed by atoms with van der Waals surface area (Å²) in [5.74, 6) is -1.37. The molecular weight excluding hydrogens is 275 g/mol. The van der Waals surface area contributed by atoms with Gasteiger partial charge in [0.1, 0.15) is 0 Å². The van der Waals surface area contributed by atoms with Gasteiger partial charge in [0, 0.05) is 18.2 Å². The number of nitrogens with two attached hydrogens (primary N) is 1. The van der Waals surface area contributed by atoms with Gasteiger partial charge in [-0.05, 0) is 12.5 Å². The van der Waals surface area contributed by atoms with Gasteiger partial charge in [-0.3, -0.25) is 0 Å². The number of phenols is 1. The molecule has 18 heavy (non-hydrogen) atoms. The van der Waals surface area contributed by atoms with Crippen LogP contribution in [0.4, 0.5) is 13.2 Å². The molecule has 1 aromatic carbocycles.